The Labute approximate surface area is 195 Å². The molecule has 0 aliphatic carbocycles. The summed E-state index contributed by atoms with van der Waals surface area (Å²) in [5.41, 5.74) is 5.37. The van der Waals surface area contributed by atoms with Gasteiger partial charge in [-0.2, -0.15) is 0 Å². The van der Waals surface area contributed by atoms with Gasteiger partial charge in [-0.3, -0.25) is 4.79 Å². The van der Waals surface area contributed by atoms with Crippen LogP contribution in [0.1, 0.15) is 25.0 Å². The van der Waals surface area contributed by atoms with E-state index in [0.29, 0.717) is 12.4 Å². The SMILES string of the molecule is CCOc1c(/C(C)=C/C(=O)Nc2ccccn2)cc2c(-c3ccc(Br)cc3)coc2c1C. The maximum absolute atomic E-state index is 12.6. The van der Waals surface area contributed by atoms with Gasteiger partial charge in [0.25, 0.3) is 0 Å². The third-order valence-corrected chi connectivity index (χ3v) is 5.71. The molecule has 1 N–H and O–H groups in total. The number of benzene rings is 2. The number of rotatable bonds is 6. The van der Waals surface area contributed by atoms with Crippen LogP contribution in [-0.2, 0) is 4.79 Å². The summed E-state index contributed by atoms with van der Waals surface area (Å²) in [6.45, 7) is 6.33. The summed E-state index contributed by atoms with van der Waals surface area (Å²) in [4.78, 5) is 16.7. The van der Waals surface area contributed by atoms with E-state index >= 15 is 0 Å². The van der Waals surface area contributed by atoms with Gasteiger partial charge in [-0.25, -0.2) is 4.98 Å². The van der Waals surface area contributed by atoms with Crippen LogP contribution in [0, 0.1) is 6.92 Å². The maximum Gasteiger partial charge on any atom is 0.249 e. The molecule has 162 valence electrons. The fraction of sp³-hybridized carbons (Fsp3) is 0.154. The Balaban J connectivity index is 1.79. The van der Waals surface area contributed by atoms with E-state index in [1.54, 1.807) is 30.7 Å². The topological polar surface area (TPSA) is 64.4 Å². The van der Waals surface area contributed by atoms with Crippen molar-refractivity contribution in [2.75, 3.05) is 11.9 Å². The summed E-state index contributed by atoms with van der Waals surface area (Å²) in [5.74, 6) is 0.975. The van der Waals surface area contributed by atoms with Crippen molar-refractivity contribution in [3.63, 3.8) is 0 Å². The van der Waals surface area contributed by atoms with Crippen LogP contribution in [0.5, 0.6) is 5.75 Å². The number of amides is 1. The molecule has 0 bridgehead atoms. The highest BCUT2D eigenvalue weighted by atomic mass is 79.9. The van der Waals surface area contributed by atoms with Crippen molar-refractivity contribution >= 4 is 44.2 Å². The molecule has 5 nitrogen and oxygen atoms in total. The number of aromatic nitrogens is 1. The molecular formula is C26H23BrN2O3. The first kappa shape index (κ1) is 21.8. The number of pyridine rings is 1. The van der Waals surface area contributed by atoms with Gasteiger partial charge in [-0.15, -0.1) is 0 Å². The molecular weight excluding hydrogens is 468 g/mol. The second-order valence-corrected chi connectivity index (χ2v) is 8.29. The zero-order valence-corrected chi connectivity index (χ0v) is 19.7. The molecule has 0 saturated heterocycles. The molecule has 0 fully saturated rings. The molecule has 1 amide bonds. The third-order valence-electron chi connectivity index (χ3n) is 5.18. The van der Waals surface area contributed by atoms with Gasteiger partial charge in [0.1, 0.15) is 17.2 Å². The molecule has 2 aromatic heterocycles. The molecule has 6 heteroatoms. The van der Waals surface area contributed by atoms with E-state index in [1.165, 1.54) is 0 Å². The van der Waals surface area contributed by atoms with Crippen LogP contribution in [0.2, 0.25) is 0 Å². The summed E-state index contributed by atoms with van der Waals surface area (Å²) in [7, 11) is 0. The standard InChI is InChI=1S/C26H23BrN2O3/c1-4-31-25-17(3)26-21(22(15-32-26)18-8-10-19(27)11-9-18)14-20(25)16(2)13-24(30)29-23-7-5-6-12-28-23/h5-15H,4H2,1-3H3,(H,28,29,30)/b16-13+. The van der Waals surface area contributed by atoms with Crippen LogP contribution < -0.4 is 10.1 Å². The predicted octanol–water partition coefficient (Wildman–Crippen LogP) is 7.01. The number of furan rings is 1. The van der Waals surface area contributed by atoms with Gasteiger partial charge in [-0.1, -0.05) is 34.1 Å². The zero-order chi connectivity index (χ0) is 22.7. The molecule has 0 spiro atoms. The smallest absolute Gasteiger partial charge is 0.249 e. The minimum absolute atomic E-state index is 0.248. The molecule has 0 unspecified atom stereocenters. The van der Waals surface area contributed by atoms with Crippen LogP contribution in [0.4, 0.5) is 5.82 Å². The van der Waals surface area contributed by atoms with Gasteiger partial charge in [0.15, 0.2) is 0 Å². The van der Waals surface area contributed by atoms with Crippen molar-refractivity contribution in [2.45, 2.75) is 20.8 Å². The average molecular weight is 491 g/mol. The monoisotopic (exact) mass is 490 g/mol. The molecule has 0 saturated carbocycles. The molecule has 4 aromatic rings. The van der Waals surface area contributed by atoms with E-state index in [1.807, 2.05) is 57.2 Å². The Hall–Kier alpha value is -3.38. The Bertz CT molecular complexity index is 1290. The number of aryl methyl sites for hydroxylation is 1. The van der Waals surface area contributed by atoms with Crippen LogP contribution in [0.25, 0.3) is 27.7 Å². The first-order valence-corrected chi connectivity index (χ1v) is 11.1. The minimum atomic E-state index is -0.248. The maximum atomic E-state index is 12.6. The van der Waals surface area contributed by atoms with Crippen LogP contribution in [-0.4, -0.2) is 17.5 Å². The second kappa shape index (κ2) is 9.40. The van der Waals surface area contributed by atoms with Gasteiger partial charge < -0.3 is 14.5 Å². The quantitative estimate of drug-likeness (QED) is 0.295. The number of carbonyl (C=O) groups excluding carboxylic acids is 1. The van der Waals surface area contributed by atoms with Crippen LogP contribution in [0.15, 0.2) is 76.0 Å². The summed E-state index contributed by atoms with van der Waals surface area (Å²) in [6, 6.07) is 15.5. The molecule has 0 radical (unpaired) electrons. The highest BCUT2D eigenvalue weighted by Crippen LogP contribution is 2.41. The molecule has 32 heavy (non-hydrogen) atoms. The van der Waals surface area contributed by atoms with Crippen molar-refractivity contribution in [3.8, 4) is 16.9 Å². The highest BCUT2D eigenvalue weighted by molar-refractivity contribution is 9.10. The Morgan fingerprint density at radius 1 is 1.22 bits per heavy atom. The number of carbonyl (C=O) groups is 1. The molecule has 0 aliphatic rings. The number of fused-ring (bicyclic) bond motifs is 1. The lowest BCUT2D eigenvalue weighted by atomic mass is 9.96. The average Bonchev–Trinajstić information content (AvgIpc) is 3.21. The summed E-state index contributed by atoms with van der Waals surface area (Å²) >= 11 is 3.48. The van der Waals surface area contributed by atoms with E-state index < -0.39 is 0 Å². The van der Waals surface area contributed by atoms with Crippen molar-refractivity contribution in [2.24, 2.45) is 0 Å². The number of hydrogen-bond donors (Lipinski definition) is 1. The van der Waals surface area contributed by atoms with Gasteiger partial charge in [-0.05, 0) is 62.2 Å². The predicted molar refractivity (Wildman–Crippen MR) is 132 cm³/mol. The Morgan fingerprint density at radius 2 is 2.00 bits per heavy atom. The van der Waals surface area contributed by atoms with Crippen LogP contribution in [0.3, 0.4) is 0 Å². The highest BCUT2D eigenvalue weighted by Gasteiger charge is 2.19. The fourth-order valence-corrected chi connectivity index (χ4v) is 3.93. The summed E-state index contributed by atoms with van der Waals surface area (Å²) < 4.78 is 12.9. The Kier molecular flexibility index (Phi) is 6.42. The van der Waals surface area contributed by atoms with E-state index in [4.69, 9.17) is 9.15 Å². The number of allylic oxidation sites excluding steroid dienone is 1. The van der Waals surface area contributed by atoms with E-state index in [0.717, 1.165) is 49.0 Å². The van der Waals surface area contributed by atoms with Crippen molar-refractivity contribution in [1.82, 2.24) is 4.98 Å². The van der Waals surface area contributed by atoms with Gasteiger partial charge in [0, 0.05) is 38.8 Å². The largest absolute Gasteiger partial charge is 0.493 e. The van der Waals surface area contributed by atoms with Crippen LogP contribution >= 0.6 is 15.9 Å². The normalized spacial score (nSPS) is 11.6. The minimum Gasteiger partial charge on any atom is -0.493 e. The molecule has 2 heterocycles. The fourth-order valence-electron chi connectivity index (χ4n) is 3.67. The number of nitrogens with zero attached hydrogens (tertiary/aromatic N) is 1. The lowest BCUT2D eigenvalue weighted by Gasteiger charge is -2.15. The molecule has 2 aromatic carbocycles. The first-order valence-electron chi connectivity index (χ1n) is 10.3. The summed E-state index contributed by atoms with van der Waals surface area (Å²) in [6.07, 6.45) is 4.98. The lowest BCUT2D eigenvalue weighted by molar-refractivity contribution is -0.111. The number of anilines is 1. The van der Waals surface area contributed by atoms with E-state index in [9.17, 15) is 4.79 Å². The summed E-state index contributed by atoms with van der Waals surface area (Å²) in [5, 5.41) is 3.77. The number of halogens is 1. The molecule has 0 aliphatic heterocycles. The van der Waals surface area contributed by atoms with Crippen molar-refractivity contribution < 1.29 is 13.9 Å². The van der Waals surface area contributed by atoms with Gasteiger partial charge in [0.2, 0.25) is 5.91 Å². The lowest BCUT2D eigenvalue weighted by Crippen LogP contribution is -2.10. The number of nitrogens with one attached hydrogen (secondary N) is 1. The zero-order valence-electron chi connectivity index (χ0n) is 18.1. The van der Waals surface area contributed by atoms with Gasteiger partial charge in [0.05, 0.1) is 12.9 Å². The van der Waals surface area contributed by atoms with Crippen molar-refractivity contribution in [1.29, 1.82) is 0 Å². The van der Waals surface area contributed by atoms with Gasteiger partial charge >= 0.3 is 0 Å². The van der Waals surface area contributed by atoms with Crippen molar-refractivity contribution in [3.05, 3.63) is 82.7 Å². The Morgan fingerprint density at radius 3 is 2.69 bits per heavy atom. The number of ether oxygens (including phenoxy) is 1. The third kappa shape index (κ3) is 4.46. The first-order chi connectivity index (χ1) is 15.5. The number of hydrogen-bond acceptors (Lipinski definition) is 4. The molecule has 4 rings (SSSR count). The van der Waals surface area contributed by atoms with E-state index in [-0.39, 0.29) is 5.91 Å². The molecule has 0 atom stereocenters. The van der Waals surface area contributed by atoms with E-state index in [2.05, 4.69) is 26.2 Å². The second-order valence-electron chi connectivity index (χ2n) is 7.38.